The summed E-state index contributed by atoms with van der Waals surface area (Å²) in [5.41, 5.74) is 1.17. The minimum atomic E-state index is 0.516. The fourth-order valence-electron chi connectivity index (χ4n) is 1.66. The zero-order valence-electron chi connectivity index (χ0n) is 10.6. The van der Waals surface area contributed by atoms with Crippen molar-refractivity contribution in [1.82, 2.24) is 4.98 Å². The van der Waals surface area contributed by atoms with Crippen LogP contribution < -0.4 is 10.6 Å². The highest BCUT2D eigenvalue weighted by Gasteiger charge is 2.08. The van der Waals surface area contributed by atoms with Crippen LogP contribution in [0.25, 0.3) is 0 Å². The second-order valence-electron chi connectivity index (χ2n) is 4.02. The lowest BCUT2D eigenvalue weighted by Gasteiger charge is -2.11. The van der Waals surface area contributed by atoms with E-state index in [1.807, 2.05) is 37.3 Å². The Labute approximate surface area is 123 Å². The molecule has 0 spiro atoms. The van der Waals surface area contributed by atoms with Crippen LogP contribution in [-0.2, 0) is 6.54 Å². The van der Waals surface area contributed by atoms with Crippen LogP contribution in [0.2, 0.25) is 10.0 Å². The Hall–Kier alpha value is -1.45. The average molecular weight is 296 g/mol. The molecule has 1 aromatic carbocycles. The van der Waals surface area contributed by atoms with E-state index in [0.29, 0.717) is 28.2 Å². The molecule has 0 aliphatic carbocycles. The monoisotopic (exact) mass is 295 g/mol. The van der Waals surface area contributed by atoms with Gasteiger partial charge in [0.05, 0.1) is 10.0 Å². The fourth-order valence-corrected chi connectivity index (χ4v) is 2.16. The SMILES string of the molecule is CCNc1nc(NCc2ccccc2)c(Cl)cc1Cl. The first-order chi connectivity index (χ1) is 9.20. The molecule has 1 heterocycles. The van der Waals surface area contributed by atoms with Gasteiger partial charge in [-0.15, -0.1) is 0 Å². The van der Waals surface area contributed by atoms with Crippen LogP contribution in [0.5, 0.6) is 0 Å². The van der Waals surface area contributed by atoms with Crippen molar-refractivity contribution >= 4 is 34.8 Å². The molecular weight excluding hydrogens is 281 g/mol. The summed E-state index contributed by atoms with van der Waals surface area (Å²) in [6.07, 6.45) is 0. The van der Waals surface area contributed by atoms with Crippen molar-refractivity contribution in [2.75, 3.05) is 17.2 Å². The van der Waals surface area contributed by atoms with Crippen molar-refractivity contribution in [3.63, 3.8) is 0 Å². The van der Waals surface area contributed by atoms with E-state index in [1.54, 1.807) is 6.07 Å². The molecule has 0 fully saturated rings. The molecule has 0 saturated heterocycles. The predicted molar refractivity (Wildman–Crippen MR) is 82.2 cm³/mol. The van der Waals surface area contributed by atoms with E-state index >= 15 is 0 Å². The zero-order chi connectivity index (χ0) is 13.7. The summed E-state index contributed by atoms with van der Waals surface area (Å²) in [6, 6.07) is 11.8. The second-order valence-corrected chi connectivity index (χ2v) is 4.83. The summed E-state index contributed by atoms with van der Waals surface area (Å²) in [5, 5.41) is 7.35. The van der Waals surface area contributed by atoms with Gasteiger partial charge < -0.3 is 10.6 Å². The third-order valence-corrected chi connectivity index (χ3v) is 3.15. The van der Waals surface area contributed by atoms with Gasteiger partial charge in [-0.3, -0.25) is 0 Å². The summed E-state index contributed by atoms with van der Waals surface area (Å²) >= 11 is 12.2. The third kappa shape index (κ3) is 3.75. The molecule has 0 aliphatic rings. The Morgan fingerprint density at radius 3 is 2.26 bits per heavy atom. The molecule has 100 valence electrons. The molecule has 2 rings (SSSR count). The molecule has 0 atom stereocenters. The Morgan fingerprint density at radius 2 is 1.63 bits per heavy atom. The van der Waals surface area contributed by atoms with E-state index in [4.69, 9.17) is 23.2 Å². The Kier molecular flexibility index (Phi) is 4.88. The summed E-state index contributed by atoms with van der Waals surface area (Å²) in [4.78, 5) is 4.39. The number of nitrogens with one attached hydrogen (secondary N) is 2. The highest BCUT2D eigenvalue weighted by molar-refractivity contribution is 6.37. The molecule has 2 aromatic rings. The smallest absolute Gasteiger partial charge is 0.147 e. The molecule has 0 bridgehead atoms. The van der Waals surface area contributed by atoms with Gasteiger partial charge in [0.25, 0.3) is 0 Å². The fraction of sp³-hybridized carbons (Fsp3) is 0.214. The standard InChI is InChI=1S/C14H15Cl2N3/c1-2-17-13-11(15)8-12(16)14(19-13)18-9-10-6-4-3-5-7-10/h3-8H,2,9H2,1H3,(H2,17,18,19). The van der Waals surface area contributed by atoms with Crippen LogP contribution in [0.15, 0.2) is 36.4 Å². The Balaban J connectivity index is 2.13. The first kappa shape index (κ1) is 14.0. The van der Waals surface area contributed by atoms with Crippen LogP contribution in [0.3, 0.4) is 0 Å². The van der Waals surface area contributed by atoms with Crippen molar-refractivity contribution in [2.45, 2.75) is 13.5 Å². The average Bonchev–Trinajstić information content (AvgIpc) is 2.42. The Bertz CT molecular complexity index is 544. The molecule has 0 aliphatic heterocycles. The van der Waals surface area contributed by atoms with Crippen LogP contribution in [-0.4, -0.2) is 11.5 Å². The van der Waals surface area contributed by atoms with E-state index < -0.39 is 0 Å². The molecule has 1 aromatic heterocycles. The van der Waals surface area contributed by atoms with E-state index in [2.05, 4.69) is 15.6 Å². The van der Waals surface area contributed by atoms with Gasteiger partial charge in [0, 0.05) is 13.1 Å². The van der Waals surface area contributed by atoms with Crippen molar-refractivity contribution < 1.29 is 0 Å². The van der Waals surface area contributed by atoms with Crippen LogP contribution in [0.1, 0.15) is 12.5 Å². The summed E-state index contributed by atoms with van der Waals surface area (Å²) in [6.45, 7) is 3.41. The highest BCUT2D eigenvalue weighted by Crippen LogP contribution is 2.29. The maximum atomic E-state index is 6.13. The summed E-state index contributed by atoms with van der Waals surface area (Å²) in [7, 11) is 0. The topological polar surface area (TPSA) is 37.0 Å². The number of hydrogen-bond acceptors (Lipinski definition) is 3. The van der Waals surface area contributed by atoms with Gasteiger partial charge in [0.1, 0.15) is 11.6 Å². The molecule has 0 unspecified atom stereocenters. The molecule has 3 nitrogen and oxygen atoms in total. The van der Waals surface area contributed by atoms with Gasteiger partial charge in [-0.2, -0.15) is 0 Å². The van der Waals surface area contributed by atoms with Crippen molar-refractivity contribution in [3.8, 4) is 0 Å². The number of pyridine rings is 1. The molecule has 0 saturated carbocycles. The number of rotatable bonds is 5. The third-order valence-electron chi connectivity index (χ3n) is 2.58. The van der Waals surface area contributed by atoms with Gasteiger partial charge in [-0.25, -0.2) is 4.98 Å². The van der Waals surface area contributed by atoms with Crippen molar-refractivity contribution in [1.29, 1.82) is 0 Å². The predicted octanol–water partition coefficient (Wildman–Crippen LogP) is 4.43. The van der Waals surface area contributed by atoms with E-state index in [-0.39, 0.29) is 0 Å². The number of aromatic nitrogens is 1. The van der Waals surface area contributed by atoms with Crippen molar-refractivity contribution in [3.05, 3.63) is 52.0 Å². The van der Waals surface area contributed by atoms with Crippen LogP contribution in [0, 0.1) is 0 Å². The zero-order valence-corrected chi connectivity index (χ0v) is 12.1. The summed E-state index contributed by atoms with van der Waals surface area (Å²) in [5.74, 6) is 1.27. The molecule has 0 amide bonds. The van der Waals surface area contributed by atoms with Gasteiger partial charge in [-0.05, 0) is 18.6 Å². The minimum absolute atomic E-state index is 0.516. The van der Waals surface area contributed by atoms with Crippen LogP contribution in [0.4, 0.5) is 11.6 Å². The molecular formula is C14H15Cl2N3. The van der Waals surface area contributed by atoms with E-state index in [9.17, 15) is 0 Å². The van der Waals surface area contributed by atoms with E-state index in [0.717, 1.165) is 6.54 Å². The van der Waals surface area contributed by atoms with Gasteiger partial charge in [-0.1, -0.05) is 53.5 Å². The number of hydrogen-bond donors (Lipinski definition) is 2. The van der Waals surface area contributed by atoms with Gasteiger partial charge in [0.15, 0.2) is 0 Å². The first-order valence-electron chi connectivity index (χ1n) is 6.08. The lowest BCUT2D eigenvalue weighted by molar-refractivity contribution is 1.10. The molecule has 0 radical (unpaired) electrons. The van der Waals surface area contributed by atoms with Crippen molar-refractivity contribution in [2.24, 2.45) is 0 Å². The lowest BCUT2D eigenvalue weighted by atomic mass is 10.2. The molecule has 2 N–H and O–H groups in total. The summed E-state index contributed by atoms with van der Waals surface area (Å²) < 4.78 is 0. The maximum Gasteiger partial charge on any atom is 0.147 e. The number of anilines is 2. The van der Waals surface area contributed by atoms with Crippen LogP contribution >= 0.6 is 23.2 Å². The van der Waals surface area contributed by atoms with Gasteiger partial charge in [0.2, 0.25) is 0 Å². The highest BCUT2D eigenvalue weighted by atomic mass is 35.5. The largest absolute Gasteiger partial charge is 0.369 e. The second kappa shape index (κ2) is 6.64. The molecule has 19 heavy (non-hydrogen) atoms. The molecule has 5 heteroatoms. The maximum absolute atomic E-state index is 6.13. The number of nitrogens with zero attached hydrogens (tertiary/aromatic N) is 1. The minimum Gasteiger partial charge on any atom is -0.369 e. The van der Waals surface area contributed by atoms with E-state index in [1.165, 1.54) is 5.56 Å². The quantitative estimate of drug-likeness (QED) is 0.857. The lowest BCUT2D eigenvalue weighted by Crippen LogP contribution is -2.06. The number of halogens is 2. The first-order valence-corrected chi connectivity index (χ1v) is 6.84. The normalized spacial score (nSPS) is 10.3. The number of benzene rings is 1. The Morgan fingerprint density at radius 1 is 1.00 bits per heavy atom. The van der Waals surface area contributed by atoms with Gasteiger partial charge >= 0.3 is 0 Å².